The van der Waals surface area contributed by atoms with E-state index in [9.17, 15) is 4.39 Å². The Balaban J connectivity index is 0.00000121. The van der Waals surface area contributed by atoms with Crippen LogP contribution in [-0.4, -0.2) is 17.6 Å². The number of allylic oxidation sites excluding steroid dienone is 4. The molecule has 0 unspecified atom stereocenters. The van der Waals surface area contributed by atoms with Crippen molar-refractivity contribution >= 4 is 0 Å². The summed E-state index contributed by atoms with van der Waals surface area (Å²) >= 11 is 0. The van der Waals surface area contributed by atoms with Gasteiger partial charge in [0, 0.05) is 12.7 Å². The Bertz CT molecular complexity index is 329. The summed E-state index contributed by atoms with van der Waals surface area (Å²) in [5, 5.41) is 0. The molecular weight excluding hydrogens is 213 g/mol. The highest BCUT2D eigenvalue weighted by Gasteiger charge is 2.28. The third kappa shape index (κ3) is 4.03. The summed E-state index contributed by atoms with van der Waals surface area (Å²) < 4.78 is 14.0. The van der Waals surface area contributed by atoms with Crippen LogP contribution in [0.15, 0.2) is 35.7 Å². The van der Waals surface area contributed by atoms with Gasteiger partial charge >= 0.3 is 0 Å². The van der Waals surface area contributed by atoms with Crippen LogP contribution in [0.2, 0.25) is 0 Å². The van der Waals surface area contributed by atoms with Crippen molar-refractivity contribution in [2.75, 3.05) is 7.05 Å². The van der Waals surface area contributed by atoms with Gasteiger partial charge in [-0.2, -0.15) is 0 Å². The van der Waals surface area contributed by atoms with Crippen LogP contribution in [0.5, 0.6) is 0 Å². The van der Waals surface area contributed by atoms with Crippen molar-refractivity contribution in [3.63, 3.8) is 0 Å². The Morgan fingerprint density at radius 2 is 1.71 bits per heavy atom. The van der Waals surface area contributed by atoms with Gasteiger partial charge in [0.1, 0.15) is 5.67 Å². The Hall–Kier alpha value is -1.05. The van der Waals surface area contributed by atoms with E-state index in [0.717, 1.165) is 11.3 Å². The van der Waals surface area contributed by atoms with Crippen molar-refractivity contribution in [1.29, 1.82) is 0 Å². The molecule has 1 heterocycles. The molecule has 0 saturated carbocycles. The van der Waals surface area contributed by atoms with Crippen LogP contribution < -0.4 is 0 Å². The maximum absolute atomic E-state index is 14.0. The molecule has 0 aromatic carbocycles. The lowest BCUT2D eigenvalue weighted by atomic mass is 9.93. The number of hydrogen-bond acceptors (Lipinski definition) is 1. The van der Waals surface area contributed by atoms with E-state index in [1.807, 2.05) is 37.9 Å². The monoisotopic (exact) mass is 239 g/mol. The molecule has 98 valence electrons. The predicted octanol–water partition coefficient (Wildman–Crippen LogP) is 4.69. The molecule has 0 radical (unpaired) electrons. The van der Waals surface area contributed by atoms with Crippen LogP contribution in [0.4, 0.5) is 4.39 Å². The standard InChI is InChI=1S/C13H20FN.C2H6/c1-9(2)11-7-10(3)15(6)12(8-11)13(4,5)14;1-2/h7-9H,3H2,1-2,4-6H3;1-2H3. The maximum atomic E-state index is 14.0. The highest BCUT2D eigenvalue weighted by atomic mass is 19.1. The minimum absolute atomic E-state index is 0.396. The lowest BCUT2D eigenvalue weighted by Crippen LogP contribution is -2.31. The fourth-order valence-electron chi connectivity index (χ4n) is 1.64. The Morgan fingerprint density at radius 1 is 1.24 bits per heavy atom. The minimum atomic E-state index is -1.33. The summed E-state index contributed by atoms with van der Waals surface area (Å²) in [5.41, 5.74) is 1.34. The SMILES string of the molecule is C=C1C=C(C(C)C)C=C(C(C)(C)F)N1C.CC. The molecule has 1 rings (SSSR count). The number of alkyl halides is 1. The van der Waals surface area contributed by atoms with E-state index in [-0.39, 0.29) is 0 Å². The largest absolute Gasteiger partial charge is 0.346 e. The van der Waals surface area contributed by atoms with Crippen molar-refractivity contribution in [2.24, 2.45) is 5.92 Å². The second kappa shape index (κ2) is 6.04. The first-order valence-corrected chi connectivity index (χ1v) is 6.29. The van der Waals surface area contributed by atoms with Gasteiger partial charge in [0.05, 0.1) is 5.70 Å². The number of rotatable bonds is 2. The zero-order chi connectivity index (χ0) is 13.8. The van der Waals surface area contributed by atoms with Crippen molar-refractivity contribution in [3.8, 4) is 0 Å². The van der Waals surface area contributed by atoms with Gasteiger partial charge < -0.3 is 4.90 Å². The molecule has 0 aromatic heterocycles. The van der Waals surface area contributed by atoms with Gasteiger partial charge in [0.2, 0.25) is 0 Å². The van der Waals surface area contributed by atoms with Gasteiger partial charge in [-0.05, 0) is 37.5 Å². The van der Waals surface area contributed by atoms with Crippen LogP contribution in [0.1, 0.15) is 41.5 Å². The van der Waals surface area contributed by atoms with Crippen LogP contribution >= 0.6 is 0 Å². The van der Waals surface area contributed by atoms with E-state index in [1.165, 1.54) is 0 Å². The van der Waals surface area contributed by atoms with E-state index in [0.29, 0.717) is 11.6 Å². The smallest absolute Gasteiger partial charge is 0.145 e. The van der Waals surface area contributed by atoms with E-state index >= 15 is 0 Å². The Labute approximate surface area is 106 Å². The minimum Gasteiger partial charge on any atom is -0.346 e. The lowest BCUT2D eigenvalue weighted by molar-refractivity contribution is 0.220. The van der Waals surface area contributed by atoms with Gasteiger partial charge in [-0.1, -0.05) is 34.3 Å². The lowest BCUT2D eigenvalue weighted by Gasteiger charge is -2.34. The fraction of sp³-hybridized carbons (Fsp3) is 0.600. The molecule has 0 N–H and O–H groups in total. The average Bonchev–Trinajstić information content (AvgIpc) is 2.22. The number of hydrogen-bond donors (Lipinski definition) is 0. The van der Waals surface area contributed by atoms with Gasteiger partial charge in [0.15, 0.2) is 0 Å². The van der Waals surface area contributed by atoms with Crippen molar-refractivity contribution in [2.45, 2.75) is 47.2 Å². The molecule has 0 fully saturated rings. The molecule has 1 aliphatic rings. The van der Waals surface area contributed by atoms with E-state index in [4.69, 9.17) is 0 Å². The van der Waals surface area contributed by atoms with E-state index in [1.54, 1.807) is 13.8 Å². The van der Waals surface area contributed by atoms with Gasteiger partial charge in [-0.15, -0.1) is 0 Å². The molecule has 0 spiro atoms. The normalized spacial score (nSPS) is 16.3. The first-order chi connectivity index (χ1) is 7.73. The van der Waals surface area contributed by atoms with E-state index in [2.05, 4.69) is 20.4 Å². The highest BCUT2D eigenvalue weighted by Crippen LogP contribution is 2.32. The first-order valence-electron chi connectivity index (χ1n) is 6.29. The number of likely N-dealkylation sites (N-methyl/N-ethyl adjacent to an activating group) is 1. The Kier molecular flexibility index (Phi) is 5.67. The van der Waals surface area contributed by atoms with Gasteiger partial charge in [0.25, 0.3) is 0 Å². The molecule has 0 amide bonds. The summed E-state index contributed by atoms with van der Waals surface area (Å²) in [5.74, 6) is 0.396. The topological polar surface area (TPSA) is 3.24 Å². The van der Waals surface area contributed by atoms with Crippen molar-refractivity contribution < 1.29 is 4.39 Å². The van der Waals surface area contributed by atoms with Crippen LogP contribution in [0.25, 0.3) is 0 Å². The molecule has 1 nitrogen and oxygen atoms in total. The van der Waals surface area contributed by atoms with Gasteiger partial charge in [-0.25, -0.2) is 4.39 Å². The molecule has 2 heteroatoms. The molecular formula is C15H26FN. The average molecular weight is 239 g/mol. The molecule has 0 saturated heterocycles. The maximum Gasteiger partial charge on any atom is 0.145 e. The Morgan fingerprint density at radius 3 is 2.06 bits per heavy atom. The zero-order valence-electron chi connectivity index (χ0n) is 12.3. The van der Waals surface area contributed by atoms with Crippen molar-refractivity contribution in [1.82, 2.24) is 4.90 Å². The third-order valence-electron chi connectivity index (χ3n) is 2.70. The van der Waals surface area contributed by atoms with Crippen molar-refractivity contribution in [3.05, 3.63) is 35.7 Å². The second-order valence-electron chi connectivity index (χ2n) is 4.85. The molecule has 0 atom stereocenters. The summed E-state index contributed by atoms with van der Waals surface area (Å²) in [7, 11) is 1.85. The summed E-state index contributed by atoms with van der Waals surface area (Å²) in [6.45, 7) is 15.3. The zero-order valence-corrected chi connectivity index (χ0v) is 12.3. The summed E-state index contributed by atoms with van der Waals surface area (Å²) in [6.07, 6.45) is 3.94. The second-order valence-corrected chi connectivity index (χ2v) is 4.85. The summed E-state index contributed by atoms with van der Waals surface area (Å²) in [6, 6.07) is 0. The third-order valence-corrected chi connectivity index (χ3v) is 2.70. The number of halogens is 1. The quantitative estimate of drug-likeness (QED) is 0.676. The molecule has 0 aliphatic carbocycles. The highest BCUT2D eigenvalue weighted by molar-refractivity contribution is 5.40. The summed E-state index contributed by atoms with van der Waals surface area (Å²) in [4.78, 5) is 1.81. The fourth-order valence-corrected chi connectivity index (χ4v) is 1.64. The predicted molar refractivity (Wildman–Crippen MR) is 74.4 cm³/mol. The molecule has 17 heavy (non-hydrogen) atoms. The molecule has 0 aromatic rings. The van der Waals surface area contributed by atoms with Gasteiger partial charge in [-0.3, -0.25) is 0 Å². The first kappa shape index (κ1) is 16.0. The number of nitrogens with zero attached hydrogens (tertiary/aromatic N) is 1. The van der Waals surface area contributed by atoms with Crippen LogP contribution in [-0.2, 0) is 0 Å². The van der Waals surface area contributed by atoms with E-state index < -0.39 is 5.67 Å². The molecule has 1 aliphatic heterocycles. The van der Waals surface area contributed by atoms with Crippen LogP contribution in [0, 0.1) is 5.92 Å². The van der Waals surface area contributed by atoms with Crippen LogP contribution in [0.3, 0.4) is 0 Å². The molecule has 0 bridgehead atoms.